The van der Waals surface area contributed by atoms with Gasteiger partial charge in [0.25, 0.3) is 0 Å². The first-order valence-electron chi connectivity index (χ1n) is 5.64. The van der Waals surface area contributed by atoms with E-state index >= 15 is 0 Å². The Morgan fingerprint density at radius 2 is 2.20 bits per heavy atom. The summed E-state index contributed by atoms with van der Waals surface area (Å²) >= 11 is 3.33. The molecule has 1 aromatic rings. The molecule has 0 aliphatic carbocycles. The molecule has 0 aliphatic heterocycles. The lowest BCUT2D eigenvalue weighted by Crippen LogP contribution is -2.37. The van der Waals surface area contributed by atoms with Crippen LogP contribution in [0, 0.1) is 0 Å². The molecule has 1 rings (SSSR count). The van der Waals surface area contributed by atoms with Crippen LogP contribution >= 0.6 is 15.9 Å². The molecular weight excluding hydrogens is 326 g/mol. The number of nitrogens with zero attached hydrogens (tertiary/aromatic N) is 1. The largest absolute Gasteiger partial charge is 0.496 e. The highest BCUT2D eigenvalue weighted by atomic mass is 79.9. The van der Waals surface area contributed by atoms with Gasteiger partial charge in [0.05, 0.1) is 17.8 Å². The van der Waals surface area contributed by atoms with Crippen LogP contribution in [0.3, 0.4) is 0 Å². The van der Waals surface area contributed by atoms with E-state index in [2.05, 4.69) is 38.4 Å². The van der Waals surface area contributed by atoms with Gasteiger partial charge in [-0.25, -0.2) is 5.43 Å². The quantitative estimate of drug-likeness (QED) is 0.366. The lowest BCUT2D eigenvalue weighted by Gasteiger charge is -2.03. The second-order valence-electron chi connectivity index (χ2n) is 3.59. The molecule has 106 valence electrons. The van der Waals surface area contributed by atoms with Crippen molar-refractivity contribution in [1.29, 1.82) is 0 Å². The van der Waals surface area contributed by atoms with E-state index < -0.39 is 11.8 Å². The van der Waals surface area contributed by atoms with Gasteiger partial charge in [0.15, 0.2) is 0 Å². The number of halogens is 1. The summed E-state index contributed by atoms with van der Waals surface area (Å²) in [6.07, 6.45) is 2.90. The number of hydrogen-bond acceptors (Lipinski definition) is 4. The molecule has 2 amide bonds. The fraction of sp³-hybridized carbons (Fsp3) is 0.154. The third kappa shape index (κ3) is 4.85. The van der Waals surface area contributed by atoms with Gasteiger partial charge in [-0.1, -0.05) is 6.08 Å². The van der Waals surface area contributed by atoms with Crippen molar-refractivity contribution >= 4 is 34.0 Å². The summed E-state index contributed by atoms with van der Waals surface area (Å²) in [5, 5.41) is 6.03. The maximum Gasteiger partial charge on any atom is 0.329 e. The number of methoxy groups -OCH3 is 1. The molecule has 0 unspecified atom stereocenters. The van der Waals surface area contributed by atoms with Crippen LogP contribution in [0.2, 0.25) is 0 Å². The Kier molecular flexibility index (Phi) is 6.45. The molecule has 0 fully saturated rings. The van der Waals surface area contributed by atoms with Gasteiger partial charge < -0.3 is 10.1 Å². The number of hydrazone groups is 1. The van der Waals surface area contributed by atoms with Crippen molar-refractivity contribution < 1.29 is 14.3 Å². The highest BCUT2D eigenvalue weighted by molar-refractivity contribution is 9.10. The molecule has 6 nitrogen and oxygen atoms in total. The Hall–Kier alpha value is -2.15. The molecule has 0 saturated carbocycles. The Bertz CT molecular complexity index is 544. The highest BCUT2D eigenvalue weighted by Gasteiger charge is 2.10. The van der Waals surface area contributed by atoms with Crippen molar-refractivity contribution in [3.8, 4) is 5.75 Å². The molecule has 2 N–H and O–H groups in total. The molecule has 0 atom stereocenters. The number of carbonyl (C=O) groups is 2. The molecule has 0 bridgehead atoms. The van der Waals surface area contributed by atoms with E-state index in [9.17, 15) is 9.59 Å². The van der Waals surface area contributed by atoms with Gasteiger partial charge in [0.2, 0.25) is 0 Å². The van der Waals surface area contributed by atoms with E-state index in [1.54, 1.807) is 25.3 Å². The summed E-state index contributed by atoms with van der Waals surface area (Å²) < 4.78 is 5.85. The molecule has 0 spiro atoms. The average Bonchev–Trinajstić information content (AvgIpc) is 2.44. The fourth-order valence-corrected chi connectivity index (χ4v) is 1.78. The Labute approximate surface area is 125 Å². The zero-order chi connectivity index (χ0) is 15.0. The minimum Gasteiger partial charge on any atom is -0.496 e. The first-order chi connectivity index (χ1) is 9.58. The molecule has 0 aromatic heterocycles. The third-order valence-electron chi connectivity index (χ3n) is 2.17. The number of amides is 2. The molecular formula is C13H14BrN3O3. The fourth-order valence-electron chi connectivity index (χ4n) is 1.22. The second kappa shape index (κ2) is 8.11. The molecule has 0 saturated heterocycles. The van der Waals surface area contributed by atoms with Gasteiger partial charge in [-0.15, -0.1) is 6.58 Å². The Morgan fingerprint density at radius 1 is 1.45 bits per heavy atom. The summed E-state index contributed by atoms with van der Waals surface area (Å²) in [7, 11) is 1.57. The molecule has 20 heavy (non-hydrogen) atoms. The normalized spacial score (nSPS) is 10.1. The van der Waals surface area contributed by atoms with E-state index in [1.807, 2.05) is 0 Å². The molecule has 7 heteroatoms. The standard InChI is InChI=1S/C13H14BrN3O3/c1-3-6-15-12(18)13(19)17-16-8-9-4-5-11(20-2)10(14)7-9/h3-5,7-8H,1,6H2,2H3,(H,15,18)(H,17,19)/b16-8-. The number of ether oxygens (including phenoxy) is 1. The predicted octanol–water partition coefficient (Wildman–Crippen LogP) is 1.21. The van der Waals surface area contributed by atoms with Crippen LogP contribution in [0.25, 0.3) is 0 Å². The van der Waals surface area contributed by atoms with Crippen LogP contribution in [0.4, 0.5) is 0 Å². The maximum absolute atomic E-state index is 11.3. The average molecular weight is 340 g/mol. The van der Waals surface area contributed by atoms with E-state index in [0.29, 0.717) is 5.75 Å². The number of hydrogen-bond donors (Lipinski definition) is 2. The summed E-state index contributed by atoms with van der Waals surface area (Å²) in [6, 6.07) is 5.29. The van der Waals surface area contributed by atoms with Crippen LogP contribution in [0.5, 0.6) is 5.75 Å². The van der Waals surface area contributed by atoms with Crippen LogP contribution in [0.15, 0.2) is 40.4 Å². The Balaban J connectivity index is 2.56. The van der Waals surface area contributed by atoms with Gasteiger partial charge in [0.1, 0.15) is 5.75 Å². The number of rotatable bonds is 5. The maximum atomic E-state index is 11.3. The zero-order valence-corrected chi connectivity index (χ0v) is 12.4. The van der Waals surface area contributed by atoms with E-state index in [-0.39, 0.29) is 6.54 Å². The molecule has 0 heterocycles. The lowest BCUT2D eigenvalue weighted by molar-refractivity contribution is -0.139. The van der Waals surface area contributed by atoms with Crippen LogP contribution in [-0.2, 0) is 9.59 Å². The van der Waals surface area contributed by atoms with Crippen LogP contribution in [-0.4, -0.2) is 31.7 Å². The van der Waals surface area contributed by atoms with Crippen molar-refractivity contribution in [2.45, 2.75) is 0 Å². The Morgan fingerprint density at radius 3 is 2.80 bits per heavy atom. The SMILES string of the molecule is C=CCNC(=O)C(=O)N/N=C\c1ccc(OC)c(Br)c1. The zero-order valence-electron chi connectivity index (χ0n) is 10.9. The first kappa shape index (κ1) is 15.9. The van der Waals surface area contributed by atoms with Gasteiger partial charge >= 0.3 is 11.8 Å². The monoisotopic (exact) mass is 339 g/mol. The van der Waals surface area contributed by atoms with Gasteiger partial charge in [0, 0.05) is 6.54 Å². The molecule has 0 aliphatic rings. The lowest BCUT2D eigenvalue weighted by atomic mass is 10.2. The van der Waals surface area contributed by atoms with Crippen LogP contribution < -0.4 is 15.5 Å². The van der Waals surface area contributed by atoms with E-state index in [4.69, 9.17) is 4.74 Å². The second-order valence-corrected chi connectivity index (χ2v) is 4.45. The van der Waals surface area contributed by atoms with Crippen molar-refractivity contribution in [1.82, 2.24) is 10.7 Å². The van der Waals surface area contributed by atoms with Gasteiger partial charge in [-0.2, -0.15) is 5.10 Å². The minimum absolute atomic E-state index is 0.224. The summed E-state index contributed by atoms with van der Waals surface area (Å²) in [4.78, 5) is 22.5. The number of carbonyl (C=O) groups excluding carboxylic acids is 2. The van der Waals surface area contributed by atoms with E-state index in [1.165, 1.54) is 12.3 Å². The summed E-state index contributed by atoms with van der Waals surface area (Å²) in [5.41, 5.74) is 2.87. The number of nitrogens with one attached hydrogen (secondary N) is 2. The molecule has 1 aromatic carbocycles. The van der Waals surface area contributed by atoms with Crippen molar-refractivity contribution in [2.24, 2.45) is 5.10 Å². The van der Waals surface area contributed by atoms with Crippen molar-refractivity contribution in [2.75, 3.05) is 13.7 Å². The van der Waals surface area contributed by atoms with Gasteiger partial charge in [-0.3, -0.25) is 9.59 Å². The first-order valence-corrected chi connectivity index (χ1v) is 6.43. The predicted molar refractivity (Wildman–Crippen MR) is 79.6 cm³/mol. The smallest absolute Gasteiger partial charge is 0.329 e. The number of benzene rings is 1. The van der Waals surface area contributed by atoms with Crippen LogP contribution in [0.1, 0.15) is 5.56 Å². The topological polar surface area (TPSA) is 79.8 Å². The van der Waals surface area contributed by atoms with Gasteiger partial charge in [-0.05, 0) is 39.7 Å². The third-order valence-corrected chi connectivity index (χ3v) is 2.79. The van der Waals surface area contributed by atoms with Crippen molar-refractivity contribution in [3.63, 3.8) is 0 Å². The summed E-state index contributed by atoms with van der Waals surface area (Å²) in [6.45, 7) is 3.65. The molecule has 0 radical (unpaired) electrons. The van der Waals surface area contributed by atoms with Crippen molar-refractivity contribution in [3.05, 3.63) is 40.9 Å². The highest BCUT2D eigenvalue weighted by Crippen LogP contribution is 2.24. The summed E-state index contributed by atoms with van der Waals surface area (Å²) in [5.74, 6) is -0.913. The van der Waals surface area contributed by atoms with E-state index in [0.717, 1.165) is 10.0 Å². The minimum atomic E-state index is -0.837.